The zero-order valence-electron chi connectivity index (χ0n) is 35.1. The van der Waals surface area contributed by atoms with E-state index in [0.29, 0.717) is 18.8 Å². The van der Waals surface area contributed by atoms with Crippen molar-refractivity contribution in [3.05, 3.63) is 144 Å². The zero-order chi connectivity index (χ0) is 41.9. The third-order valence-electron chi connectivity index (χ3n) is 10.7. The first-order chi connectivity index (χ1) is 29.5. The Morgan fingerprint density at radius 1 is 0.500 bits per heavy atom. The van der Waals surface area contributed by atoms with E-state index in [1.54, 1.807) is 45.6 Å². The van der Waals surface area contributed by atoms with Crippen molar-refractivity contribution in [1.82, 2.24) is 0 Å². The summed E-state index contributed by atoms with van der Waals surface area (Å²) < 4.78 is 70.3. The molecular weight excluding hydrogens is 769 g/mol. The van der Waals surface area contributed by atoms with Crippen molar-refractivity contribution in [3.8, 4) is 0 Å². The number of esters is 1. The summed E-state index contributed by atoms with van der Waals surface area (Å²) in [6, 6.07) is 38.3. The maximum Gasteiger partial charge on any atom is 0.338 e. The number of ether oxygens (including phenoxy) is 11. The lowest BCUT2D eigenvalue weighted by Crippen LogP contribution is -2.64. The fraction of sp³-hybridized carbons (Fsp3) is 0.479. The molecule has 6 rings (SSSR count). The number of unbranched alkanes of at least 4 members (excludes halogenated alkanes) is 2. The molecule has 0 N–H and O–H groups in total. The summed E-state index contributed by atoms with van der Waals surface area (Å²) in [4.78, 5) is 14.0. The van der Waals surface area contributed by atoms with Gasteiger partial charge in [0.05, 0.1) is 38.6 Å². The van der Waals surface area contributed by atoms with Crippen LogP contribution >= 0.6 is 0 Å². The molecule has 2 fully saturated rings. The highest BCUT2D eigenvalue weighted by atomic mass is 16.8. The molecule has 0 aromatic heterocycles. The van der Waals surface area contributed by atoms with Crippen molar-refractivity contribution >= 4 is 5.97 Å². The van der Waals surface area contributed by atoms with Crippen molar-refractivity contribution in [2.24, 2.45) is 0 Å². The normalized spacial score (nSPS) is 26.7. The SMILES string of the molecule is CCCCCO[C@H]1O[C@H](CO[C@H]2O[C@H](COCc3ccccc3)[C@@H](OCc3ccccc3)[C@H](OCc3ccccc3)[C@@H]2OC(=O)c2ccccc2)[C@@H](OC)[C@H](OC)[C@@H]1OC. The molecule has 12 heteroatoms. The number of benzene rings is 4. The minimum atomic E-state index is -1.16. The van der Waals surface area contributed by atoms with Crippen LogP contribution < -0.4 is 0 Å². The second kappa shape index (κ2) is 24.4. The number of hydrogen-bond acceptors (Lipinski definition) is 12. The summed E-state index contributed by atoms with van der Waals surface area (Å²) in [5.41, 5.74) is 3.24. The molecule has 2 saturated heterocycles. The van der Waals surface area contributed by atoms with Crippen LogP contribution in [0.1, 0.15) is 53.2 Å². The standard InChI is InChI=1S/C48H60O12/c1-5-6-19-28-54-47-44(52-4)42(51-3)40(50-2)39(59-47)33-57-48-45(60-46(49)37-26-17-10-18-27-37)43(56-31-36-24-15-9-16-25-36)41(55-30-35-22-13-8-14-23-35)38(58-48)32-53-29-34-20-11-7-12-21-34/h7-18,20-27,38-45,47-48H,5-6,19,28-33H2,1-4H3/t38-,39-,40-,41-,42+,43+,44+,45+,47+,48+/m1/s1. The molecule has 4 aromatic carbocycles. The van der Waals surface area contributed by atoms with Gasteiger partial charge in [0.25, 0.3) is 0 Å². The van der Waals surface area contributed by atoms with Gasteiger partial charge >= 0.3 is 5.97 Å². The quantitative estimate of drug-likeness (QED) is 0.0551. The van der Waals surface area contributed by atoms with Crippen LogP contribution in [0.3, 0.4) is 0 Å². The molecule has 324 valence electrons. The summed E-state index contributed by atoms with van der Waals surface area (Å²) >= 11 is 0. The zero-order valence-corrected chi connectivity index (χ0v) is 35.1. The van der Waals surface area contributed by atoms with Crippen molar-refractivity contribution in [3.63, 3.8) is 0 Å². The highest BCUT2D eigenvalue weighted by Gasteiger charge is 2.52. The van der Waals surface area contributed by atoms with Crippen molar-refractivity contribution in [2.45, 2.75) is 107 Å². The fourth-order valence-corrected chi connectivity index (χ4v) is 7.52. The van der Waals surface area contributed by atoms with Gasteiger partial charge in [-0.2, -0.15) is 0 Å². The molecule has 4 aromatic rings. The van der Waals surface area contributed by atoms with E-state index in [9.17, 15) is 4.79 Å². The Morgan fingerprint density at radius 2 is 1.00 bits per heavy atom. The van der Waals surface area contributed by atoms with Crippen LogP contribution in [0.2, 0.25) is 0 Å². The second-order valence-electron chi connectivity index (χ2n) is 14.9. The molecule has 10 atom stereocenters. The van der Waals surface area contributed by atoms with Gasteiger partial charge in [0.1, 0.15) is 42.7 Å². The molecule has 0 saturated carbocycles. The third-order valence-corrected chi connectivity index (χ3v) is 10.7. The number of carbonyl (C=O) groups is 1. The number of rotatable bonds is 23. The van der Waals surface area contributed by atoms with Gasteiger partial charge in [-0.3, -0.25) is 0 Å². The summed E-state index contributed by atoms with van der Waals surface area (Å²) in [7, 11) is 4.79. The second-order valence-corrected chi connectivity index (χ2v) is 14.9. The Morgan fingerprint density at radius 3 is 1.55 bits per heavy atom. The predicted molar refractivity (Wildman–Crippen MR) is 223 cm³/mol. The van der Waals surface area contributed by atoms with E-state index < -0.39 is 67.4 Å². The Bertz CT molecular complexity index is 1770. The Hall–Kier alpha value is -4.05. The van der Waals surface area contributed by atoms with Gasteiger partial charge in [0.15, 0.2) is 18.7 Å². The summed E-state index contributed by atoms with van der Waals surface area (Å²) in [5.74, 6) is -0.571. The van der Waals surface area contributed by atoms with Crippen LogP contribution in [-0.4, -0.2) is 109 Å². The molecule has 2 heterocycles. The van der Waals surface area contributed by atoms with E-state index in [1.807, 2.05) is 97.1 Å². The lowest BCUT2D eigenvalue weighted by molar-refractivity contribution is -0.342. The summed E-state index contributed by atoms with van der Waals surface area (Å²) in [6.45, 7) is 3.47. The van der Waals surface area contributed by atoms with E-state index in [2.05, 4.69) is 6.92 Å². The first-order valence-electron chi connectivity index (χ1n) is 20.8. The molecule has 12 nitrogen and oxygen atoms in total. The molecule has 0 radical (unpaired) electrons. The van der Waals surface area contributed by atoms with E-state index in [-0.39, 0.29) is 26.4 Å². The van der Waals surface area contributed by atoms with Gasteiger partial charge in [-0.1, -0.05) is 129 Å². The monoisotopic (exact) mass is 828 g/mol. The van der Waals surface area contributed by atoms with Crippen LogP contribution in [0.25, 0.3) is 0 Å². The van der Waals surface area contributed by atoms with Gasteiger partial charge < -0.3 is 52.1 Å². The van der Waals surface area contributed by atoms with Crippen molar-refractivity contribution in [1.29, 1.82) is 0 Å². The first kappa shape index (κ1) is 45.5. The maximum absolute atomic E-state index is 14.0. The molecule has 0 bridgehead atoms. The predicted octanol–water partition coefficient (Wildman–Crippen LogP) is 7.32. The third kappa shape index (κ3) is 12.7. The van der Waals surface area contributed by atoms with Crippen LogP contribution in [0.4, 0.5) is 0 Å². The Balaban J connectivity index is 1.33. The topological polar surface area (TPSA) is 119 Å². The molecule has 0 unspecified atom stereocenters. The fourth-order valence-electron chi connectivity index (χ4n) is 7.52. The van der Waals surface area contributed by atoms with Crippen LogP contribution in [0, 0.1) is 0 Å². The van der Waals surface area contributed by atoms with Crippen LogP contribution in [0.15, 0.2) is 121 Å². The van der Waals surface area contributed by atoms with E-state index in [0.717, 1.165) is 36.0 Å². The maximum atomic E-state index is 14.0. The summed E-state index contributed by atoms with van der Waals surface area (Å²) in [6.07, 6.45) is -4.86. The molecule has 60 heavy (non-hydrogen) atoms. The lowest BCUT2D eigenvalue weighted by Gasteiger charge is -2.47. The molecule has 2 aliphatic heterocycles. The molecular formula is C48H60O12. The van der Waals surface area contributed by atoms with Crippen molar-refractivity contribution < 1.29 is 56.9 Å². The number of hydrogen-bond donors (Lipinski definition) is 0. The first-order valence-corrected chi connectivity index (χ1v) is 20.8. The van der Waals surface area contributed by atoms with Gasteiger partial charge in [0, 0.05) is 27.9 Å². The molecule has 0 spiro atoms. The largest absolute Gasteiger partial charge is 0.450 e. The van der Waals surface area contributed by atoms with E-state index >= 15 is 0 Å². The van der Waals surface area contributed by atoms with Gasteiger partial charge in [-0.05, 0) is 35.2 Å². The van der Waals surface area contributed by atoms with Crippen LogP contribution in [0.5, 0.6) is 0 Å². The lowest BCUT2D eigenvalue weighted by atomic mass is 9.97. The van der Waals surface area contributed by atoms with Gasteiger partial charge in [-0.15, -0.1) is 0 Å². The molecule has 0 aliphatic carbocycles. The average Bonchev–Trinajstić information content (AvgIpc) is 3.30. The minimum Gasteiger partial charge on any atom is -0.450 e. The van der Waals surface area contributed by atoms with E-state index in [1.165, 1.54) is 0 Å². The Kier molecular flexibility index (Phi) is 18.5. The average molecular weight is 829 g/mol. The highest BCUT2D eigenvalue weighted by Crippen LogP contribution is 2.34. The minimum absolute atomic E-state index is 0.0494. The van der Waals surface area contributed by atoms with E-state index in [4.69, 9.17) is 52.1 Å². The van der Waals surface area contributed by atoms with Crippen LogP contribution in [-0.2, 0) is 71.9 Å². The number of methoxy groups -OCH3 is 3. The molecule has 0 amide bonds. The highest BCUT2D eigenvalue weighted by molar-refractivity contribution is 5.89. The molecule has 2 aliphatic rings. The number of carbonyl (C=O) groups excluding carboxylic acids is 1. The van der Waals surface area contributed by atoms with Gasteiger partial charge in [0.2, 0.25) is 0 Å². The summed E-state index contributed by atoms with van der Waals surface area (Å²) in [5, 5.41) is 0. The van der Waals surface area contributed by atoms with Gasteiger partial charge in [-0.25, -0.2) is 4.79 Å². The van der Waals surface area contributed by atoms with Crippen molar-refractivity contribution in [2.75, 3.05) is 41.2 Å². The smallest absolute Gasteiger partial charge is 0.338 e. The Labute approximate surface area is 354 Å².